The molecule has 1 aliphatic heterocycles. The first kappa shape index (κ1) is 10.5. The van der Waals surface area contributed by atoms with Crippen LogP contribution < -0.4 is 5.32 Å². The second-order valence-corrected chi connectivity index (χ2v) is 4.00. The first-order valence-corrected chi connectivity index (χ1v) is 4.44. The van der Waals surface area contributed by atoms with Crippen LogP contribution in [0.3, 0.4) is 0 Å². The number of ether oxygens (including phenoxy) is 2. The summed E-state index contributed by atoms with van der Waals surface area (Å²) >= 11 is 0. The van der Waals surface area contributed by atoms with Crippen LogP contribution in [-0.2, 0) is 14.3 Å². The lowest BCUT2D eigenvalue weighted by atomic mass is 9.94. The highest BCUT2D eigenvalue weighted by atomic mass is 16.6. The van der Waals surface area contributed by atoms with Gasteiger partial charge in [-0.15, -0.1) is 0 Å². The fourth-order valence-electron chi connectivity index (χ4n) is 1.67. The number of methoxy groups -OCH3 is 1. The molecular formula is C9H17NO3. The van der Waals surface area contributed by atoms with E-state index in [1.807, 2.05) is 20.8 Å². The molecule has 0 bridgehead atoms. The zero-order chi connectivity index (χ0) is 10.1. The lowest BCUT2D eigenvalue weighted by molar-refractivity contribution is -0.165. The van der Waals surface area contributed by atoms with Crippen molar-refractivity contribution >= 4 is 5.97 Å². The van der Waals surface area contributed by atoms with E-state index in [4.69, 9.17) is 4.74 Å². The molecule has 1 heterocycles. The predicted molar refractivity (Wildman–Crippen MR) is 48.4 cm³/mol. The zero-order valence-corrected chi connectivity index (χ0v) is 8.59. The number of hydrogen-bond donors (Lipinski definition) is 1. The number of carbonyl (C=O) groups is 1. The van der Waals surface area contributed by atoms with Crippen LogP contribution in [0.25, 0.3) is 0 Å². The van der Waals surface area contributed by atoms with Crippen LogP contribution in [0, 0.1) is 0 Å². The third-order valence-corrected chi connectivity index (χ3v) is 2.20. The molecule has 2 unspecified atom stereocenters. The highest BCUT2D eigenvalue weighted by Crippen LogP contribution is 2.19. The van der Waals surface area contributed by atoms with Crippen LogP contribution in [-0.4, -0.2) is 37.4 Å². The highest BCUT2D eigenvalue weighted by Gasteiger charge is 2.41. The Morgan fingerprint density at radius 1 is 1.62 bits per heavy atom. The van der Waals surface area contributed by atoms with Crippen LogP contribution in [0.2, 0.25) is 0 Å². The molecule has 1 N–H and O–H groups in total. The molecule has 1 fully saturated rings. The predicted octanol–water partition coefficient (Wildman–Crippen LogP) is 0.315. The maximum Gasteiger partial charge on any atom is 0.336 e. The van der Waals surface area contributed by atoms with Gasteiger partial charge in [0.1, 0.15) is 0 Å². The van der Waals surface area contributed by atoms with Crippen LogP contribution >= 0.6 is 0 Å². The van der Waals surface area contributed by atoms with Crippen molar-refractivity contribution in [2.24, 2.45) is 0 Å². The second-order valence-electron chi connectivity index (χ2n) is 4.00. The summed E-state index contributed by atoms with van der Waals surface area (Å²) in [5, 5.41) is 3.30. The molecule has 0 aromatic heterocycles. The fraction of sp³-hybridized carbons (Fsp3) is 0.889. The molecule has 0 aliphatic carbocycles. The maximum atomic E-state index is 11.3. The van der Waals surface area contributed by atoms with Crippen LogP contribution in [0.4, 0.5) is 0 Å². The Morgan fingerprint density at radius 3 is 2.69 bits per heavy atom. The lowest BCUT2D eigenvalue weighted by Crippen LogP contribution is -2.62. The van der Waals surface area contributed by atoms with E-state index in [0.29, 0.717) is 6.61 Å². The molecule has 0 aromatic carbocycles. The van der Waals surface area contributed by atoms with Gasteiger partial charge in [-0.3, -0.25) is 0 Å². The minimum Gasteiger partial charge on any atom is -0.467 e. The Balaban J connectivity index is 2.69. The Kier molecular flexibility index (Phi) is 2.93. The van der Waals surface area contributed by atoms with E-state index in [-0.39, 0.29) is 17.6 Å². The van der Waals surface area contributed by atoms with E-state index in [0.717, 1.165) is 0 Å². The molecule has 76 valence electrons. The molecule has 4 nitrogen and oxygen atoms in total. The van der Waals surface area contributed by atoms with E-state index in [1.54, 1.807) is 0 Å². The monoisotopic (exact) mass is 187 g/mol. The van der Waals surface area contributed by atoms with Gasteiger partial charge in [-0.25, -0.2) is 4.79 Å². The quantitative estimate of drug-likeness (QED) is 0.600. The van der Waals surface area contributed by atoms with Crippen molar-refractivity contribution in [1.82, 2.24) is 5.32 Å². The molecule has 0 amide bonds. The Morgan fingerprint density at radius 2 is 2.23 bits per heavy atom. The van der Waals surface area contributed by atoms with Gasteiger partial charge < -0.3 is 14.8 Å². The van der Waals surface area contributed by atoms with Crippen molar-refractivity contribution in [3.05, 3.63) is 0 Å². The number of morpholine rings is 1. The second kappa shape index (κ2) is 3.64. The summed E-state index contributed by atoms with van der Waals surface area (Å²) in [7, 11) is 1.37. The summed E-state index contributed by atoms with van der Waals surface area (Å²) in [6, 6.07) is 0.274. The molecule has 2 atom stereocenters. The molecule has 0 aromatic rings. The largest absolute Gasteiger partial charge is 0.467 e. The summed E-state index contributed by atoms with van der Waals surface area (Å²) < 4.78 is 10.1. The van der Waals surface area contributed by atoms with Crippen LogP contribution in [0.15, 0.2) is 0 Å². The number of carbonyl (C=O) groups excluding carboxylic acids is 1. The summed E-state index contributed by atoms with van der Waals surface area (Å²) in [4.78, 5) is 11.3. The molecule has 13 heavy (non-hydrogen) atoms. The van der Waals surface area contributed by atoms with Gasteiger partial charge in [0.2, 0.25) is 0 Å². The first-order chi connectivity index (χ1) is 5.97. The molecule has 4 heteroatoms. The van der Waals surface area contributed by atoms with Gasteiger partial charge in [0.05, 0.1) is 19.3 Å². The van der Waals surface area contributed by atoms with Gasteiger partial charge >= 0.3 is 5.97 Å². The Labute approximate surface area is 78.6 Å². The molecule has 1 aliphatic rings. The molecule has 0 radical (unpaired) electrons. The number of nitrogens with one attached hydrogen (secondary N) is 1. The Bertz CT molecular complexity index is 203. The summed E-state index contributed by atoms with van der Waals surface area (Å²) in [6.45, 7) is 6.44. The van der Waals surface area contributed by atoms with Gasteiger partial charge in [0.15, 0.2) is 6.10 Å². The normalized spacial score (nSPS) is 32.6. The van der Waals surface area contributed by atoms with Crippen molar-refractivity contribution < 1.29 is 14.3 Å². The van der Waals surface area contributed by atoms with Gasteiger partial charge in [-0.05, 0) is 20.8 Å². The molecular weight excluding hydrogens is 170 g/mol. The maximum absolute atomic E-state index is 11.3. The SMILES string of the molecule is COC(=O)C1OCC(C)NC1(C)C. The summed E-state index contributed by atoms with van der Waals surface area (Å²) in [6.07, 6.45) is -0.506. The molecule has 0 spiro atoms. The smallest absolute Gasteiger partial charge is 0.336 e. The Hall–Kier alpha value is -0.610. The first-order valence-electron chi connectivity index (χ1n) is 4.44. The number of hydrogen-bond acceptors (Lipinski definition) is 4. The van der Waals surface area contributed by atoms with E-state index >= 15 is 0 Å². The third-order valence-electron chi connectivity index (χ3n) is 2.20. The molecule has 1 rings (SSSR count). The van der Waals surface area contributed by atoms with E-state index in [1.165, 1.54) is 7.11 Å². The van der Waals surface area contributed by atoms with Gasteiger partial charge in [0.25, 0.3) is 0 Å². The van der Waals surface area contributed by atoms with E-state index in [9.17, 15) is 4.79 Å². The standard InChI is InChI=1S/C9H17NO3/c1-6-5-13-7(8(11)12-4)9(2,3)10-6/h6-7,10H,5H2,1-4H3. The lowest BCUT2D eigenvalue weighted by Gasteiger charge is -2.40. The van der Waals surface area contributed by atoms with Crippen molar-refractivity contribution in [3.8, 4) is 0 Å². The van der Waals surface area contributed by atoms with Gasteiger partial charge in [0, 0.05) is 6.04 Å². The summed E-state index contributed by atoms with van der Waals surface area (Å²) in [5.41, 5.74) is -0.356. The van der Waals surface area contributed by atoms with Gasteiger partial charge in [-0.2, -0.15) is 0 Å². The van der Waals surface area contributed by atoms with E-state index in [2.05, 4.69) is 10.1 Å². The minimum absolute atomic E-state index is 0.274. The minimum atomic E-state index is -0.506. The van der Waals surface area contributed by atoms with Crippen molar-refractivity contribution in [2.45, 2.75) is 38.5 Å². The van der Waals surface area contributed by atoms with Crippen molar-refractivity contribution in [2.75, 3.05) is 13.7 Å². The average Bonchev–Trinajstić information content (AvgIpc) is 2.01. The topological polar surface area (TPSA) is 47.6 Å². The average molecular weight is 187 g/mol. The van der Waals surface area contributed by atoms with Crippen molar-refractivity contribution in [3.63, 3.8) is 0 Å². The van der Waals surface area contributed by atoms with E-state index < -0.39 is 6.10 Å². The molecule has 0 saturated carbocycles. The number of esters is 1. The fourth-order valence-corrected chi connectivity index (χ4v) is 1.67. The third kappa shape index (κ3) is 2.19. The van der Waals surface area contributed by atoms with Crippen LogP contribution in [0.5, 0.6) is 0 Å². The van der Waals surface area contributed by atoms with Gasteiger partial charge in [-0.1, -0.05) is 0 Å². The van der Waals surface area contributed by atoms with Crippen molar-refractivity contribution in [1.29, 1.82) is 0 Å². The molecule has 1 saturated heterocycles. The zero-order valence-electron chi connectivity index (χ0n) is 8.59. The highest BCUT2D eigenvalue weighted by molar-refractivity contribution is 5.76. The van der Waals surface area contributed by atoms with Crippen LogP contribution in [0.1, 0.15) is 20.8 Å². The summed E-state index contributed by atoms with van der Waals surface area (Å²) in [5.74, 6) is -0.315. The number of rotatable bonds is 1.